The fourth-order valence-corrected chi connectivity index (χ4v) is 1.44. The van der Waals surface area contributed by atoms with Gasteiger partial charge in [0, 0.05) is 6.04 Å². The second-order valence-electron chi connectivity index (χ2n) is 4.50. The van der Waals surface area contributed by atoms with E-state index in [4.69, 9.17) is 0 Å². The maximum absolute atomic E-state index is 2.46. The molecule has 1 unspecified atom stereocenters. The average molecular weight is 171 g/mol. The number of hydrogen-bond donors (Lipinski definition) is 0. The molecular formula is C11H25N. The molecule has 0 bridgehead atoms. The monoisotopic (exact) mass is 171 g/mol. The minimum Gasteiger partial charge on any atom is -0.303 e. The summed E-state index contributed by atoms with van der Waals surface area (Å²) in [4.78, 5) is 2.46. The van der Waals surface area contributed by atoms with E-state index in [2.05, 4.69) is 46.6 Å². The van der Waals surface area contributed by atoms with Gasteiger partial charge in [0.05, 0.1) is 0 Å². The van der Waals surface area contributed by atoms with E-state index in [-0.39, 0.29) is 0 Å². The summed E-state index contributed by atoms with van der Waals surface area (Å²) in [7, 11) is 2.23. The van der Waals surface area contributed by atoms with Crippen LogP contribution in [0.2, 0.25) is 0 Å². The van der Waals surface area contributed by atoms with Gasteiger partial charge < -0.3 is 4.90 Å². The summed E-state index contributed by atoms with van der Waals surface area (Å²) in [5, 5.41) is 0. The zero-order valence-electron chi connectivity index (χ0n) is 9.65. The minimum atomic E-state index is 0.448. The highest BCUT2D eigenvalue weighted by Crippen LogP contribution is 2.27. The van der Waals surface area contributed by atoms with Crippen LogP contribution in [0.4, 0.5) is 0 Å². The second kappa shape index (κ2) is 4.86. The maximum Gasteiger partial charge on any atom is 0.0115 e. The topological polar surface area (TPSA) is 3.24 Å². The van der Waals surface area contributed by atoms with Crippen LogP contribution in [0, 0.1) is 5.41 Å². The molecule has 0 aromatic heterocycles. The van der Waals surface area contributed by atoms with E-state index in [0.717, 1.165) is 0 Å². The molecule has 0 aliphatic carbocycles. The SMILES string of the molecule is CCCN(C)C(C)C(C)(C)CC. The largest absolute Gasteiger partial charge is 0.303 e. The van der Waals surface area contributed by atoms with Crippen LogP contribution in [0.3, 0.4) is 0 Å². The number of rotatable bonds is 5. The van der Waals surface area contributed by atoms with Crippen molar-refractivity contribution in [3.05, 3.63) is 0 Å². The number of hydrogen-bond acceptors (Lipinski definition) is 1. The molecule has 0 saturated heterocycles. The summed E-state index contributed by atoms with van der Waals surface area (Å²) in [6.07, 6.45) is 2.50. The molecule has 0 rings (SSSR count). The zero-order chi connectivity index (χ0) is 9.78. The highest BCUT2D eigenvalue weighted by Gasteiger charge is 2.26. The standard InChI is InChI=1S/C11H25N/c1-7-9-12(6)10(3)11(4,5)8-2/h10H,7-9H2,1-6H3. The van der Waals surface area contributed by atoms with Gasteiger partial charge in [0.25, 0.3) is 0 Å². The van der Waals surface area contributed by atoms with Crippen molar-refractivity contribution >= 4 is 0 Å². The van der Waals surface area contributed by atoms with Gasteiger partial charge in [-0.05, 0) is 38.8 Å². The Balaban J connectivity index is 4.07. The molecule has 0 N–H and O–H groups in total. The summed E-state index contributed by atoms with van der Waals surface area (Å²) < 4.78 is 0. The van der Waals surface area contributed by atoms with Crippen LogP contribution in [-0.4, -0.2) is 24.5 Å². The van der Waals surface area contributed by atoms with E-state index in [1.807, 2.05) is 0 Å². The first-order valence-corrected chi connectivity index (χ1v) is 5.16. The summed E-state index contributed by atoms with van der Waals surface area (Å²) in [5.74, 6) is 0. The smallest absolute Gasteiger partial charge is 0.0115 e. The Morgan fingerprint density at radius 3 is 2.08 bits per heavy atom. The zero-order valence-corrected chi connectivity index (χ0v) is 9.65. The van der Waals surface area contributed by atoms with Crippen molar-refractivity contribution in [3.63, 3.8) is 0 Å². The van der Waals surface area contributed by atoms with Crippen LogP contribution in [0.25, 0.3) is 0 Å². The highest BCUT2D eigenvalue weighted by molar-refractivity contribution is 4.80. The second-order valence-corrected chi connectivity index (χ2v) is 4.50. The normalized spacial score (nSPS) is 15.2. The van der Waals surface area contributed by atoms with Gasteiger partial charge in [0.1, 0.15) is 0 Å². The molecule has 0 aliphatic rings. The maximum atomic E-state index is 2.46. The summed E-state index contributed by atoms with van der Waals surface area (Å²) in [6.45, 7) is 12.8. The third-order valence-electron chi connectivity index (χ3n) is 3.28. The van der Waals surface area contributed by atoms with Gasteiger partial charge in [-0.15, -0.1) is 0 Å². The van der Waals surface area contributed by atoms with E-state index in [1.54, 1.807) is 0 Å². The molecule has 0 saturated carbocycles. The summed E-state index contributed by atoms with van der Waals surface area (Å²) in [6, 6.07) is 0.683. The Labute approximate surface area is 78.1 Å². The van der Waals surface area contributed by atoms with Crippen molar-refractivity contribution in [2.75, 3.05) is 13.6 Å². The highest BCUT2D eigenvalue weighted by atomic mass is 15.1. The molecular weight excluding hydrogens is 146 g/mol. The van der Waals surface area contributed by atoms with Crippen LogP contribution >= 0.6 is 0 Å². The first kappa shape index (κ1) is 12.0. The van der Waals surface area contributed by atoms with Gasteiger partial charge in [0.15, 0.2) is 0 Å². The summed E-state index contributed by atoms with van der Waals surface area (Å²) >= 11 is 0. The van der Waals surface area contributed by atoms with Crippen LogP contribution < -0.4 is 0 Å². The van der Waals surface area contributed by atoms with Gasteiger partial charge in [-0.3, -0.25) is 0 Å². The molecule has 0 aromatic carbocycles. The van der Waals surface area contributed by atoms with E-state index >= 15 is 0 Å². The molecule has 74 valence electrons. The predicted molar refractivity (Wildman–Crippen MR) is 56.5 cm³/mol. The van der Waals surface area contributed by atoms with Crippen molar-refractivity contribution in [2.24, 2.45) is 5.41 Å². The van der Waals surface area contributed by atoms with Gasteiger partial charge in [0.2, 0.25) is 0 Å². The fraction of sp³-hybridized carbons (Fsp3) is 1.00. The van der Waals surface area contributed by atoms with Crippen LogP contribution in [0.5, 0.6) is 0 Å². The van der Waals surface area contributed by atoms with Crippen molar-refractivity contribution in [1.82, 2.24) is 4.90 Å². The Morgan fingerprint density at radius 2 is 1.75 bits per heavy atom. The Hall–Kier alpha value is -0.0400. The molecule has 0 spiro atoms. The van der Waals surface area contributed by atoms with Gasteiger partial charge in [-0.1, -0.05) is 27.7 Å². The number of nitrogens with zero attached hydrogens (tertiary/aromatic N) is 1. The minimum absolute atomic E-state index is 0.448. The first-order valence-electron chi connectivity index (χ1n) is 5.16. The third-order valence-corrected chi connectivity index (χ3v) is 3.28. The average Bonchev–Trinajstić information content (AvgIpc) is 2.03. The third kappa shape index (κ3) is 3.14. The summed E-state index contributed by atoms with van der Waals surface area (Å²) in [5.41, 5.74) is 0.448. The van der Waals surface area contributed by atoms with E-state index < -0.39 is 0 Å². The molecule has 0 aliphatic heterocycles. The van der Waals surface area contributed by atoms with Crippen LogP contribution in [0.15, 0.2) is 0 Å². The lowest BCUT2D eigenvalue weighted by Crippen LogP contribution is -2.40. The molecule has 0 heterocycles. The lowest BCUT2D eigenvalue weighted by Gasteiger charge is -2.37. The fourth-order valence-electron chi connectivity index (χ4n) is 1.44. The molecule has 12 heavy (non-hydrogen) atoms. The molecule has 0 fully saturated rings. The van der Waals surface area contributed by atoms with Crippen LogP contribution in [0.1, 0.15) is 47.5 Å². The molecule has 0 aromatic rings. The molecule has 0 amide bonds. The molecule has 1 heteroatoms. The Bertz CT molecular complexity index is 118. The quantitative estimate of drug-likeness (QED) is 0.614. The van der Waals surface area contributed by atoms with E-state index in [9.17, 15) is 0 Å². The van der Waals surface area contributed by atoms with E-state index in [1.165, 1.54) is 19.4 Å². The molecule has 0 radical (unpaired) electrons. The van der Waals surface area contributed by atoms with Gasteiger partial charge in [-0.2, -0.15) is 0 Å². The van der Waals surface area contributed by atoms with E-state index in [0.29, 0.717) is 11.5 Å². The lowest BCUT2D eigenvalue weighted by molar-refractivity contribution is 0.122. The predicted octanol–water partition coefficient (Wildman–Crippen LogP) is 3.15. The van der Waals surface area contributed by atoms with Crippen molar-refractivity contribution in [3.8, 4) is 0 Å². The molecule has 1 nitrogen and oxygen atoms in total. The Kier molecular flexibility index (Phi) is 4.84. The first-order chi connectivity index (χ1) is 5.45. The van der Waals surface area contributed by atoms with Gasteiger partial charge in [-0.25, -0.2) is 0 Å². The van der Waals surface area contributed by atoms with Gasteiger partial charge >= 0.3 is 0 Å². The Morgan fingerprint density at radius 1 is 1.25 bits per heavy atom. The molecule has 1 atom stereocenters. The van der Waals surface area contributed by atoms with Crippen molar-refractivity contribution < 1.29 is 0 Å². The van der Waals surface area contributed by atoms with Crippen LogP contribution in [-0.2, 0) is 0 Å². The van der Waals surface area contributed by atoms with Crippen molar-refractivity contribution in [2.45, 2.75) is 53.5 Å². The van der Waals surface area contributed by atoms with Crippen molar-refractivity contribution in [1.29, 1.82) is 0 Å². The lowest BCUT2D eigenvalue weighted by atomic mass is 9.82.